The van der Waals surface area contributed by atoms with Gasteiger partial charge in [0.05, 0.1) is 4.92 Å². The van der Waals surface area contributed by atoms with Gasteiger partial charge in [-0.25, -0.2) is 0 Å². The van der Waals surface area contributed by atoms with E-state index in [2.05, 4.69) is 5.32 Å². The largest absolute Gasteiger partial charge is 0.489 e. The van der Waals surface area contributed by atoms with Gasteiger partial charge in [0.2, 0.25) is 0 Å². The molecule has 1 aromatic carbocycles. The molecule has 5 nitrogen and oxygen atoms in total. The van der Waals surface area contributed by atoms with Crippen LogP contribution in [0.2, 0.25) is 0 Å². The van der Waals surface area contributed by atoms with Crippen LogP contribution in [0.5, 0.6) is 5.75 Å². The number of nitro groups is 1. The molecule has 1 unspecified atom stereocenters. The number of benzene rings is 1. The van der Waals surface area contributed by atoms with E-state index in [0.29, 0.717) is 5.75 Å². The van der Waals surface area contributed by atoms with E-state index in [1.165, 1.54) is 12.1 Å². The zero-order valence-electron chi connectivity index (χ0n) is 9.30. The van der Waals surface area contributed by atoms with E-state index in [1.54, 1.807) is 12.1 Å². The molecule has 94 valence electrons. The summed E-state index contributed by atoms with van der Waals surface area (Å²) in [6.45, 7) is 1.89. The number of nitrogens with zero attached hydrogens (tertiary/aromatic N) is 1. The summed E-state index contributed by atoms with van der Waals surface area (Å²) in [7, 11) is 0. The van der Waals surface area contributed by atoms with E-state index in [4.69, 9.17) is 4.74 Å². The number of nitrogens with one attached hydrogen (secondary N) is 1. The van der Waals surface area contributed by atoms with Gasteiger partial charge in [-0.05, 0) is 31.5 Å². The number of non-ortho nitro benzene ring substituents is 1. The van der Waals surface area contributed by atoms with Gasteiger partial charge >= 0.3 is 0 Å². The standard InChI is InChI=1S/C11H14N2O3.ClH/c14-13(15)9-3-5-10(6-4-9)16-11-2-1-7-12-8-11;/h3-6,11-12H,1-2,7-8H2;1H. The lowest BCUT2D eigenvalue weighted by molar-refractivity contribution is -0.384. The summed E-state index contributed by atoms with van der Waals surface area (Å²) in [5, 5.41) is 13.7. The van der Waals surface area contributed by atoms with Crippen LogP contribution in [0.1, 0.15) is 12.8 Å². The van der Waals surface area contributed by atoms with Gasteiger partial charge in [-0.2, -0.15) is 0 Å². The van der Waals surface area contributed by atoms with Crippen LogP contribution >= 0.6 is 12.4 Å². The van der Waals surface area contributed by atoms with Gasteiger partial charge in [0.1, 0.15) is 11.9 Å². The predicted octanol–water partition coefficient (Wildman–Crippen LogP) is 2.15. The van der Waals surface area contributed by atoms with E-state index >= 15 is 0 Å². The fraction of sp³-hybridized carbons (Fsp3) is 0.455. The Balaban J connectivity index is 0.00000144. The van der Waals surface area contributed by atoms with Crippen LogP contribution in [0.3, 0.4) is 0 Å². The minimum Gasteiger partial charge on any atom is -0.489 e. The number of hydrogen-bond acceptors (Lipinski definition) is 4. The minimum absolute atomic E-state index is 0. The summed E-state index contributed by atoms with van der Waals surface area (Å²) in [6.07, 6.45) is 2.32. The zero-order valence-corrected chi connectivity index (χ0v) is 10.1. The van der Waals surface area contributed by atoms with Crippen LogP contribution in [0.4, 0.5) is 5.69 Å². The van der Waals surface area contributed by atoms with Crippen molar-refractivity contribution in [1.82, 2.24) is 5.32 Å². The van der Waals surface area contributed by atoms with Gasteiger partial charge in [-0.15, -0.1) is 12.4 Å². The van der Waals surface area contributed by atoms with Crippen molar-refractivity contribution in [2.24, 2.45) is 0 Å². The maximum absolute atomic E-state index is 10.5. The SMILES string of the molecule is Cl.O=[N+]([O-])c1ccc(OC2CCCNC2)cc1. The van der Waals surface area contributed by atoms with Crippen molar-refractivity contribution < 1.29 is 9.66 Å². The Hall–Kier alpha value is -1.33. The second kappa shape index (κ2) is 6.42. The summed E-state index contributed by atoms with van der Waals surface area (Å²) in [5.74, 6) is 0.694. The Labute approximate surface area is 106 Å². The van der Waals surface area contributed by atoms with Crippen LogP contribution in [-0.4, -0.2) is 24.1 Å². The third kappa shape index (κ3) is 3.87. The van der Waals surface area contributed by atoms with Crippen molar-refractivity contribution in [3.05, 3.63) is 34.4 Å². The number of nitro benzene ring substituents is 1. The molecule has 0 spiro atoms. The van der Waals surface area contributed by atoms with Crippen molar-refractivity contribution in [3.63, 3.8) is 0 Å². The van der Waals surface area contributed by atoms with Gasteiger partial charge < -0.3 is 10.1 Å². The Morgan fingerprint density at radius 2 is 2.06 bits per heavy atom. The smallest absolute Gasteiger partial charge is 0.269 e. The van der Waals surface area contributed by atoms with Crippen molar-refractivity contribution >= 4 is 18.1 Å². The first-order valence-electron chi connectivity index (χ1n) is 5.37. The Morgan fingerprint density at radius 1 is 1.35 bits per heavy atom. The molecule has 1 aliphatic heterocycles. The molecule has 1 aliphatic rings. The molecular formula is C11H15ClN2O3. The summed E-state index contributed by atoms with van der Waals surface area (Å²) >= 11 is 0. The average Bonchev–Trinajstić information content (AvgIpc) is 2.31. The Morgan fingerprint density at radius 3 is 2.59 bits per heavy atom. The lowest BCUT2D eigenvalue weighted by Gasteiger charge is -2.23. The Kier molecular flexibility index (Phi) is 5.18. The summed E-state index contributed by atoms with van der Waals surface area (Å²) in [5.41, 5.74) is 0.0918. The second-order valence-corrected chi connectivity index (χ2v) is 3.84. The molecule has 1 fully saturated rings. The third-order valence-electron chi connectivity index (χ3n) is 2.60. The summed E-state index contributed by atoms with van der Waals surface area (Å²) in [6, 6.07) is 6.22. The molecule has 17 heavy (non-hydrogen) atoms. The van der Waals surface area contributed by atoms with Gasteiger partial charge in [0, 0.05) is 18.7 Å². The molecule has 0 aliphatic carbocycles. The second-order valence-electron chi connectivity index (χ2n) is 3.84. The quantitative estimate of drug-likeness (QED) is 0.666. The molecule has 2 rings (SSSR count). The van der Waals surface area contributed by atoms with Crippen molar-refractivity contribution in [3.8, 4) is 5.75 Å². The maximum atomic E-state index is 10.5. The van der Waals surface area contributed by atoms with Gasteiger partial charge in [-0.3, -0.25) is 10.1 Å². The highest BCUT2D eigenvalue weighted by Crippen LogP contribution is 2.19. The topological polar surface area (TPSA) is 64.4 Å². The lowest BCUT2D eigenvalue weighted by atomic mass is 10.1. The molecule has 0 saturated carbocycles. The average molecular weight is 259 g/mol. The van der Waals surface area contributed by atoms with Gasteiger partial charge in [0.15, 0.2) is 0 Å². The molecule has 0 bridgehead atoms. The lowest BCUT2D eigenvalue weighted by Crippen LogP contribution is -2.37. The van der Waals surface area contributed by atoms with Gasteiger partial charge in [-0.1, -0.05) is 0 Å². The molecule has 6 heteroatoms. The normalized spacial score (nSPS) is 19.2. The van der Waals surface area contributed by atoms with Crippen LogP contribution < -0.4 is 10.1 Å². The summed E-state index contributed by atoms with van der Waals surface area (Å²) in [4.78, 5) is 10.0. The van der Waals surface area contributed by atoms with Crippen LogP contribution in [0, 0.1) is 10.1 Å². The fourth-order valence-electron chi connectivity index (χ4n) is 1.76. The number of hydrogen-bond donors (Lipinski definition) is 1. The predicted molar refractivity (Wildman–Crippen MR) is 66.9 cm³/mol. The maximum Gasteiger partial charge on any atom is 0.269 e. The van der Waals surface area contributed by atoms with Crippen LogP contribution in [0.25, 0.3) is 0 Å². The number of piperidine rings is 1. The monoisotopic (exact) mass is 258 g/mol. The Bertz CT molecular complexity index is 363. The fourth-order valence-corrected chi connectivity index (χ4v) is 1.76. The number of halogens is 1. The number of ether oxygens (including phenoxy) is 1. The molecule has 1 atom stereocenters. The van der Waals surface area contributed by atoms with Crippen molar-refractivity contribution in [2.45, 2.75) is 18.9 Å². The highest BCUT2D eigenvalue weighted by Gasteiger charge is 2.14. The van der Waals surface area contributed by atoms with Crippen LogP contribution in [0.15, 0.2) is 24.3 Å². The highest BCUT2D eigenvalue weighted by molar-refractivity contribution is 5.85. The van der Waals surface area contributed by atoms with E-state index in [9.17, 15) is 10.1 Å². The zero-order chi connectivity index (χ0) is 11.4. The molecule has 1 aromatic rings. The first kappa shape index (κ1) is 13.7. The first-order chi connectivity index (χ1) is 7.75. The van der Waals surface area contributed by atoms with E-state index in [-0.39, 0.29) is 24.2 Å². The van der Waals surface area contributed by atoms with E-state index < -0.39 is 4.92 Å². The van der Waals surface area contributed by atoms with E-state index in [1.807, 2.05) is 0 Å². The molecule has 1 heterocycles. The molecule has 0 aromatic heterocycles. The number of rotatable bonds is 3. The van der Waals surface area contributed by atoms with Crippen molar-refractivity contribution in [1.29, 1.82) is 0 Å². The third-order valence-corrected chi connectivity index (χ3v) is 2.60. The van der Waals surface area contributed by atoms with Gasteiger partial charge in [0.25, 0.3) is 5.69 Å². The molecule has 0 radical (unpaired) electrons. The minimum atomic E-state index is -0.411. The molecule has 0 amide bonds. The van der Waals surface area contributed by atoms with Crippen LogP contribution in [-0.2, 0) is 0 Å². The summed E-state index contributed by atoms with van der Waals surface area (Å²) < 4.78 is 5.70. The molecule has 1 saturated heterocycles. The highest BCUT2D eigenvalue weighted by atomic mass is 35.5. The first-order valence-corrected chi connectivity index (χ1v) is 5.37. The molecule has 1 N–H and O–H groups in total. The molecular weight excluding hydrogens is 244 g/mol. The van der Waals surface area contributed by atoms with E-state index in [0.717, 1.165) is 25.9 Å². The van der Waals surface area contributed by atoms with Crippen molar-refractivity contribution in [2.75, 3.05) is 13.1 Å².